The number of hydrogen-bond donors (Lipinski definition) is 0. The summed E-state index contributed by atoms with van der Waals surface area (Å²) >= 11 is 3.43. The van der Waals surface area contributed by atoms with Gasteiger partial charge in [-0.3, -0.25) is 0 Å². The zero-order chi connectivity index (χ0) is 15.9. The van der Waals surface area contributed by atoms with E-state index < -0.39 is 0 Å². The average molecular weight is 362 g/mol. The Morgan fingerprint density at radius 1 is 1.23 bits per heavy atom. The molecule has 0 heterocycles. The van der Waals surface area contributed by atoms with Crippen LogP contribution in [-0.2, 0) is 6.61 Å². The quantitative estimate of drug-likeness (QED) is 0.724. The van der Waals surface area contributed by atoms with E-state index >= 15 is 0 Å². The van der Waals surface area contributed by atoms with Gasteiger partial charge < -0.3 is 9.47 Å². The van der Waals surface area contributed by atoms with Crippen molar-refractivity contribution in [2.45, 2.75) is 6.61 Å². The molecule has 112 valence electrons. The van der Waals surface area contributed by atoms with E-state index in [9.17, 15) is 4.39 Å². The predicted octanol–water partition coefficient (Wildman–Crippen LogP) is 4.71. The van der Waals surface area contributed by atoms with Gasteiger partial charge in [0, 0.05) is 10.5 Å². The van der Waals surface area contributed by atoms with Gasteiger partial charge >= 0.3 is 0 Å². The van der Waals surface area contributed by atoms with Crippen LogP contribution in [0.3, 0.4) is 0 Å². The number of hydrogen-bond acceptors (Lipinski definition) is 3. The van der Waals surface area contributed by atoms with Crippen molar-refractivity contribution in [2.75, 3.05) is 7.11 Å². The summed E-state index contributed by atoms with van der Waals surface area (Å²) in [6.45, 7) is 0.302. The van der Waals surface area contributed by atoms with E-state index in [1.807, 2.05) is 6.07 Å². The second-order valence-electron chi connectivity index (χ2n) is 4.40. The third-order valence-electron chi connectivity index (χ3n) is 2.93. The molecule has 2 aromatic carbocycles. The zero-order valence-corrected chi connectivity index (χ0v) is 13.4. The third kappa shape index (κ3) is 4.09. The van der Waals surface area contributed by atoms with Crippen LogP contribution in [0.4, 0.5) is 4.39 Å². The highest BCUT2D eigenvalue weighted by molar-refractivity contribution is 9.10. The van der Waals surface area contributed by atoms with Crippen LogP contribution in [0.1, 0.15) is 11.1 Å². The van der Waals surface area contributed by atoms with Crippen molar-refractivity contribution in [1.82, 2.24) is 0 Å². The Labute approximate surface area is 136 Å². The van der Waals surface area contributed by atoms with Crippen molar-refractivity contribution in [2.24, 2.45) is 0 Å². The summed E-state index contributed by atoms with van der Waals surface area (Å²) in [5.41, 5.74) is 1.67. The Morgan fingerprint density at radius 2 is 1.95 bits per heavy atom. The average Bonchev–Trinajstić information content (AvgIpc) is 2.53. The lowest BCUT2D eigenvalue weighted by Crippen LogP contribution is -1.98. The standard InChI is InChI=1S/C17H13BrFNO2/c1-21-16-9-13(3-2-8-20)15(18)10-17(16)22-11-12-4-6-14(19)7-5-12/h2-7,9-10H,11H2,1H3/b3-2+. The second kappa shape index (κ2) is 7.62. The molecule has 0 N–H and O–H groups in total. The molecule has 0 fully saturated rings. The number of methoxy groups -OCH3 is 1. The van der Waals surface area contributed by atoms with E-state index in [2.05, 4.69) is 15.9 Å². The maximum absolute atomic E-state index is 12.9. The lowest BCUT2D eigenvalue weighted by Gasteiger charge is -2.13. The fraction of sp³-hybridized carbons (Fsp3) is 0.118. The van der Waals surface area contributed by atoms with Crippen LogP contribution in [-0.4, -0.2) is 7.11 Å². The van der Waals surface area contributed by atoms with Crippen LogP contribution >= 0.6 is 15.9 Å². The molecule has 3 nitrogen and oxygen atoms in total. The monoisotopic (exact) mass is 361 g/mol. The Kier molecular flexibility index (Phi) is 5.56. The van der Waals surface area contributed by atoms with Crippen molar-refractivity contribution < 1.29 is 13.9 Å². The normalized spacial score (nSPS) is 10.5. The minimum atomic E-state index is -0.280. The molecule has 2 rings (SSSR count). The molecule has 0 spiro atoms. The molecule has 0 saturated carbocycles. The Bertz CT molecular complexity index is 721. The lowest BCUT2D eigenvalue weighted by atomic mass is 10.2. The summed E-state index contributed by atoms with van der Waals surface area (Å²) in [7, 11) is 1.55. The first kappa shape index (κ1) is 16.1. The van der Waals surface area contributed by atoms with Gasteiger partial charge in [0.25, 0.3) is 0 Å². The van der Waals surface area contributed by atoms with Crippen LogP contribution in [0.5, 0.6) is 11.5 Å². The van der Waals surface area contributed by atoms with Gasteiger partial charge in [0.1, 0.15) is 12.4 Å². The first-order valence-electron chi connectivity index (χ1n) is 6.45. The maximum Gasteiger partial charge on any atom is 0.162 e. The molecule has 0 radical (unpaired) electrons. The Hall–Kier alpha value is -2.32. The molecule has 0 atom stereocenters. The molecule has 0 aliphatic heterocycles. The van der Waals surface area contributed by atoms with Crippen molar-refractivity contribution >= 4 is 22.0 Å². The number of rotatable bonds is 5. The van der Waals surface area contributed by atoms with Crippen molar-refractivity contribution in [3.8, 4) is 17.6 Å². The summed E-state index contributed by atoms with van der Waals surface area (Å²) < 4.78 is 24.7. The minimum Gasteiger partial charge on any atom is -0.493 e. The van der Waals surface area contributed by atoms with Gasteiger partial charge in [0.15, 0.2) is 11.5 Å². The summed E-state index contributed by atoms with van der Waals surface area (Å²) in [4.78, 5) is 0. The molecule has 0 aliphatic rings. The van der Waals surface area contributed by atoms with Gasteiger partial charge in [0.05, 0.1) is 13.2 Å². The van der Waals surface area contributed by atoms with Gasteiger partial charge in [-0.05, 0) is 41.5 Å². The fourth-order valence-corrected chi connectivity index (χ4v) is 2.27. The van der Waals surface area contributed by atoms with Crippen LogP contribution in [0.25, 0.3) is 6.08 Å². The molecule has 0 bridgehead atoms. The highest BCUT2D eigenvalue weighted by Crippen LogP contribution is 2.34. The van der Waals surface area contributed by atoms with Gasteiger partial charge in [-0.2, -0.15) is 5.26 Å². The van der Waals surface area contributed by atoms with Crippen molar-refractivity contribution in [1.29, 1.82) is 5.26 Å². The van der Waals surface area contributed by atoms with E-state index in [0.717, 1.165) is 15.6 Å². The van der Waals surface area contributed by atoms with Crippen molar-refractivity contribution in [3.63, 3.8) is 0 Å². The molecule has 0 aliphatic carbocycles. The van der Waals surface area contributed by atoms with E-state index in [4.69, 9.17) is 14.7 Å². The smallest absolute Gasteiger partial charge is 0.162 e. The highest BCUT2D eigenvalue weighted by Gasteiger charge is 2.09. The predicted molar refractivity (Wildman–Crippen MR) is 86.1 cm³/mol. The third-order valence-corrected chi connectivity index (χ3v) is 3.61. The molecular weight excluding hydrogens is 349 g/mol. The molecule has 0 aromatic heterocycles. The number of benzene rings is 2. The highest BCUT2D eigenvalue weighted by atomic mass is 79.9. The summed E-state index contributed by atoms with van der Waals surface area (Å²) in [6, 6.07) is 11.6. The number of nitrogens with zero attached hydrogens (tertiary/aromatic N) is 1. The van der Waals surface area contributed by atoms with Crippen LogP contribution in [0, 0.1) is 17.1 Å². The molecule has 0 saturated heterocycles. The largest absolute Gasteiger partial charge is 0.493 e. The van der Waals surface area contributed by atoms with Crippen LogP contribution < -0.4 is 9.47 Å². The van der Waals surface area contributed by atoms with E-state index in [1.54, 1.807) is 37.5 Å². The number of nitriles is 1. The van der Waals surface area contributed by atoms with Gasteiger partial charge in [-0.15, -0.1) is 0 Å². The van der Waals surface area contributed by atoms with Crippen molar-refractivity contribution in [3.05, 3.63) is 63.9 Å². The zero-order valence-electron chi connectivity index (χ0n) is 11.8. The van der Waals surface area contributed by atoms with Gasteiger partial charge in [-0.1, -0.05) is 28.1 Å². The fourth-order valence-electron chi connectivity index (χ4n) is 1.82. The molecule has 5 heteroatoms. The van der Waals surface area contributed by atoms with Gasteiger partial charge in [0.2, 0.25) is 0 Å². The Morgan fingerprint density at radius 3 is 2.59 bits per heavy atom. The number of allylic oxidation sites excluding steroid dienone is 1. The van der Waals surface area contributed by atoms with Crippen LogP contribution in [0.2, 0.25) is 0 Å². The topological polar surface area (TPSA) is 42.2 Å². The van der Waals surface area contributed by atoms with Crippen LogP contribution in [0.15, 0.2) is 46.9 Å². The summed E-state index contributed by atoms with van der Waals surface area (Å²) in [6.07, 6.45) is 3.06. The summed E-state index contributed by atoms with van der Waals surface area (Å²) in [5.74, 6) is 0.841. The minimum absolute atomic E-state index is 0.280. The van der Waals surface area contributed by atoms with E-state index in [0.29, 0.717) is 18.1 Å². The number of ether oxygens (including phenoxy) is 2. The summed E-state index contributed by atoms with van der Waals surface area (Å²) in [5, 5.41) is 8.59. The maximum atomic E-state index is 12.9. The molecular formula is C17H13BrFNO2. The lowest BCUT2D eigenvalue weighted by molar-refractivity contribution is 0.284. The molecule has 2 aromatic rings. The molecule has 0 unspecified atom stereocenters. The second-order valence-corrected chi connectivity index (χ2v) is 5.26. The molecule has 22 heavy (non-hydrogen) atoms. The van der Waals surface area contributed by atoms with Gasteiger partial charge in [-0.25, -0.2) is 4.39 Å². The van der Waals surface area contributed by atoms with E-state index in [-0.39, 0.29) is 5.82 Å². The first-order chi connectivity index (χ1) is 10.6. The Balaban J connectivity index is 2.20. The molecule has 0 amide bonds. The van der Waals surface area contributed by atoms with E-state index in [1.165, 1.54) is 18.2 Å². The number of halogens is 2. The SMILES string of the molecule is COc1cc(/C=C/C#N)c(Br)cc1OCc1ccc(F)cc1. The first-order valence-corrected chi connectivity index (χ1v) is 7.24.